The number of nitrogens with two attached hydrogens (primary N) is 1. The van der Waals surface area contributed by atoms with E-state index < -0.39 is 41.9 Å². The van der Waals surface area contributed by atoms with E-state index in [1.165, 1.54) is 17.8 Å². The Morgan fingerprint density at radius 3 is 2.69 bits per heavy atom. The van der Waals surface area contributed by atoms with E-state index in [0.29, 0.717) is 11.3 Å². The summed E-state index contributed by atoms with van der Waals surface area (Å²) in [5.41, 5.74) is 5.75. The third-order valence-electron chi connectivity index (χ3n) is 4.40. The minimum Gasteiger partial charge on any atom is -0.477 e. The first-order valence-corrected chi connectivity index (χ1v) is 8.88. The summed E-state index contributed by atoms with van der Waals surface area (Å²) in [6.07, 6.45) is -2.58. The van der Waals surface area contributed by atoms with Crippen LogP contribution >= 0.6 is 11.8 Å². The highest BCUT2D eigenvalue weighted by Gasteiger charge is 2.51. The average Bonchev–Trinajstić information content (AvgIpc) is 2.55. The molecule has 0 aromatic carbocycles. The third-order valence-corrected chi connectivity index (χ3v) is 5.72. The highest BCUT2D eigenvalue weighted by Crippen LogP contribution is 2.40. The molecule has 0 aromatic heterocycles. The molecular weight excluding hydrogens is 375 g/mol. The van der Waals surface area contributed by atoms with Crippen molar-refractivity contribution in [2.45, 2.75) is 30.4 Å². The average molecular weight is 391 g/mol. The van der Waals surface area contributed by atoms with Crippen LogP contribution in [0, 0.1) is 0 Å². The molecule has 3 aliphatic rings. The van der Waals surface area contributed by atoms with E-state index in [0.717, 1.165) is 4.90 Å². The number of thioether (sulfide) groups is 1. The summed E-state index contributed by atoms with van der Waals surface area (Å²) in [7, 11) is 0. The number of likely N-dealkylation sites (tertiary alicyclic amines) is 1. The maximum absolute atomic E-state index is 12.6. The maximum atomic E-state index is 12.6. The van der Waals surface area contributed by atoms with Gasteiger partial charge in [0.2, 0.25) is 11.8 Å². The summed E-state index contributed by atoms with van der Waals surface area (Å²) in [5, 5.41) is 8.99. The number of carboxylic acids is 1. The lowest BCUT2D eigenvalue weighted by Gasteiger charge is -2.47. The van der Waals surface area contributed by atoms with Gasteiger partial charge in [0.05, 0.1) is 0 Å². The smallest absolute Gasteiger partial charge is 0.406 e. The molecule has 2 saturated heterocycles. The molecule has 142 valence electrons. The number of piperidine rings is 1. The number of halogens is 3. The van der Waals surface area contributed by atoms with E-state index in [1.807, 2.05) is 0 Å². The van der Waals surface area contributed by atoms with Gasteiger partial charge in [-0.25, -0.2) is 4.79 Å². The molecule has 0 spiro atoms. The van der Waals surface area contributed by atoms with Gasteiger partial charge in [0, 0.05) is 17.9 Å². The topological polar surface area (TPSA) is 104 Å². The number of carbonyl (C=O) groups is 3. The first-order chi connectivity index (χ1) is 12.1. The summed E-state index contributed by atoms with van der Waals surface area (Å²) in [6.45, 7) is -1.35. The number of alkyl halides is 3. The zero-order valence-electron chi connectivity index (χ0n) is 13.5. The fourth-order valence-electron chi connectivity index (χ4n) is 3.23. The molecule has 0 aliphatic carbocycles. The van der Waals surface area contributed by atoms with Crippen LogP contribution in [0.2, 0.25) is 0 Å². The standard InChI is InChI=1S/C15H16F3N3O4S/c16-15(17,18)6-20-3-1-2-7(11(20)22)4-8-5-26-13-9(19)12(23)21(13)10(8)14(24)25/h4,9,13H,1-3,5-6,19H2,(H,24,25)/b7-4+/t9-,13-/m1/s1. The second-order valence-corrected chi connectivity index (χ2v) is 7.33. The van der Waals surface area contributed by atoms with Crippen LogP contribution in [0.3, 0.4) is 0 Å². The lowest BCUT2D eigenvalue weighted by molar-refractivity contribution is -0.160. The molecule has 2 amide bonds. The second-order valence-electron chi connectivity index (χ2n) is 6.23. The van der Waals surface area contributed by atoms with Crippen molar-refractivity contribution in [3.63, 3.8) is 0 Å². The Hall–Kier alpha value is -2.01. The largest absolute Gasteiger partial charge is 0.477 e. The van der Waals surface area contributed by atoms with Crippen molar-refractivity contribution >= 4 is 29.5 Å². The number of rotatable bonds is 3. The predicted molar refractivity (Wildman–Crippen MR) is 85.7 cm³/mol. The lowest BCUT2D eigenvalue weighted by atomic mass is 9.98. The molecule has 26 heavy (non-hydrogen) atoms. The number of amides is 2. The number of β-lactam (4-membered cyclic amide) rings is 1. The van der Waals surface area contributed by atoms with Crippen molar-refractivity contribution in [3.8, 4) is 0 Å². The third kappa shape index (κ3) is 3.32. The van der Waals surface area contributed by atoms with Gasteiger partial charge >= 0.3 is 12.1 Å². The van der Waals surface area contributed by atoms with E-state index in [1.54, 1.807) is 0 Å². The number of hydrogen-bond donors (Lipinski definition) is 2. The minimum absolute atomic E-state index is 0.00317. The van der Waals surface area contributed by atoms with Gasteiger partial charge in [-0.3, -0.25) is 14.5 Å². The zero-order valence-corrected chi connectivity index (χ0v) is 14.3. The Labute approximate surface area is 150 Å². The summed E-state index contributed by atoms with van der Waals surface area (Å²) in [6, 6.07) is -0.776. The number of allylic oxidation sites excluding steroid dienone is 1. The highest BCUT2D eigenvalue weighted by molar-refractivity contribution is 8.00. The number of fused-ring (bicyclic) bond motifs is 1. The summed E-state index contributed by atoms with van der Waals surface area (Å²) >= 11 is 1.26. The molecule has 2 fully saturated rings. The molecule has 0 bridgehead atoms. The van der Waals surface area contributed by atoms with Crippen LogP contribution < -0.4 is 5.73 Å². The van der Waals surface area contributed by atoms with Gasteiger partial charge in [0.15, 0.2) is 0 Å². The minimum atomic E-state index is -4.50. The van der Waals surface area contributed by atoms with Crippen molar-refractivity contribution in [1.82, 2.24) is 9.80 Å². The van der Waals surface area contributed by atoms with Crippen molar-refractivity contribution in [1.29, 1.82) is 0 Å². The Balaban J connectivity index is 1.90. The van der Waals surface area contributed by atoms with Crippen molar-refractivity contribution in [3.05, 3.63) is 22.9 Å². The van der Waals surface area contributed by atoms with Gasteiger partial charge in [0.1, 0.15) is 23.7 Å². The van der Waals surface area contributed by atoms with E-state index in [4.69, 9.17) is 5.73 Å². The molecule has 3 N–H and O–H groups in total. The van der Waals surface area contributed by atoms with E-state index in [-0.39, 0.29) is 35.6 Å². The first-order valence-electron chi connectivity index (χ1n) is 7.83. The number of carbonyl (C=O) groups excluding carboxylic acids is 2. The molecule has 0 radical (unpaired) electrons. The molecule has 11 heteroatoms. The second kappa shape index (κ2) is 6.62. The Kier molecular flexibility index (Phi) is 4.78. The monoisotopic (exact) mass is 391 g/mol. The number of hydrogen-bond acceptors (Lipinski definition) is 5. The predicted octanol–water partition coefficient (Wildman–Crippen LogP) is 0.679. The lowest BCUT2D eigenvalue weighted by Crippen LogP contribution is -2.68. The highest BCUT2D eigenvalue weighted by atomic mass is 32.2. The number of aliphatic carboxylic acids is 1. The van der Waals surface area contributed by atoms with Gasteiger partial charge in [-0.15, -0.1) is 11.8 Å². The number of nitrogens with zero attached hydrogens (tertiary/aromatic N) is 2. The fraction of sp³-hybridized carbons (Fsp3) is 0.533. The molecule has 7 nitrogen and oxygen atoms in total. The molecule has 2 atom stereocenters. The molecule has 0 aromatic rings. The van der Waals surface area contributed by atoms with Crippen molar-refractivity contribution < 1.29 is 32.7 Å². The number of carboxylic acid groups (broad SMARTS) is 1. The van der Waals surface area contributed by atoms with Crippen LogP contribution in [-0.2, 0) is 14.4 Å². The Morgan fingerprint density at radius 1 is 1.38 bits per heavy atom. The Morgan fingerprint density at radius 2 is 2.08 bits per heavy atom. The van der Waals surface area contributed by atoms with Crippen LogP contribution in [0.15, 0.2) is 22.9 Å². The van der Waals surface area contributed by atoms with Crippen molar-refractivity contribution in [2.75, 3.05) is 18.8 Å². The van der Waals surface area contributed by atoms with E-state index >= 15 is 0 Å². The zero-order chi connectivity index (χ0) is 19.2. The van der Waals surface area contributed by atoms with Crippen LogP contribution in [0.1, 0.15) is 12.8 Å². The maximum Gasteiger partial charge on any atom is 0.406 e. The van der Waals surface area contributed by atoms with Gasteiger partial charge < -0.3 is 15.7 Å². The Bertz CT molecular complexity index is 734. The SMILES string of the molecule is N[C@@H]1C(=O)N2C(C(=O)O)=C(/C=C3\CCCN(CC(F)(F)F)C3=O)CS[C@H]12. The first kappa shape index (κ1) is 18.8. The van der Waals surface area contributed by atoms with Crippen LogP contribution in [0.25, 0.3) is 0 Å². The summed E-state index contributed by atoms with van der Waals surface area (Å²) < 4.78 is 37.8. The van der Waals surface area contributed by atoms with Gasteiger partial charge in [-0.1, -0.05) is 0 Å². The van der Waals surface area contributed by atoms with Crippen LogP contribution in [0.5, 0.6) is 0 Å². The van der Waals surface area contributed by atoms with Gasteiger partial charge in [-0.05, 0) is 24.5 Å². The van der Waals surface area contributed by atoms with E-state index in [2.05, 4.69) is 0 Å². The normalized spacial score (nSPS) is 28.4. The van der Waals surface area contributed by atoms with Crippen molar-refractivity contribution in [2.24, 2.45) is 5.73 Å². The van der Waals surface area contributed by atoms with Gasteiger partial charge in [-0.2, -0.15) is 13.2 Å². The van der Waals surface area contributed by atoms with E-state index in [9.17, 15) is 32.7 Å². The van der Waals surface area contributed by atoms with Gasteiger partial charge in [0.25, 0.3) is 0 Å². The molecule has 3 aliphatic heterocycles. The summed E-state index contributed by atoms with van der Waals surface area (Å²) in [4.78, 5) is 37.6. The molecule has 0 unspecified atom stereocenters. The molecule has 0 saturated carbocycles. The van der Waals surface area contributed by atoms with Crippen LogP contribution in [0.4, 0.5) is 13.2 Å². The molecule has 3 rings (SSSR count). The molecular formula is C15H16F3N3O4S. The molecule has 3 heterocycles. The van der Waals surface area contributed by atoms with Crippen LogP contribution in [-0.4, -0.2) is 69.1 Å². The quantitative estimate of drug-likeness (QED) is 0.542. The fourth-order valence-corrected chi connectivity index (χ4v) is 4.49. The summed E-state index contributed by atoms with van der Waals surface area (Å²) in [5.74, 6) is -2.41.